The van der Waals surface area contributed by atoms with E-state index >= 15 is 0 Å². The van der Waals surface area contributed by atoms with Crippen molar-refractivity contribution in [1.29, 1.82) is 5.41 Å². The van der Waals surface area contributed by atoms with Crippen molar-refractivity contribution in [3.8, 4) is 5.75 Å². The molecule has 0 aliphatic heterocycles. The van der Waals surface area contributed by atoms with E-state index in [-0.39, 0.29) is 11.6 Å². The summed E-state index contributed by atoms with van der Waals surface area (Å²) in [5.41, 5.74) is 5.91. The van der Waals surface area contributed by atoms with E-state index in [1.807, 2.05) is 0 Å². The van der Waals surface area contributed by atoms with Gasteiger partial charge in [0.1, 0.15) is 22.5 Å². The standard InChI is InChI=1S/C19H21N3O5S2/c1-10(17(23)22-14(9-28)18(24)25)8-13-6-7-15(29-13)19(26)27-12-4-2-11(3-5-12)16(20)21/h2-7,10,14,28H,8-9H2,1H3,(H3,20,21)(H,22,23)(H,24,25)/t10?,14-/m0/s1. The molecule has 0 fully saturated rings. The van der Waals surface area contributed by atoms with E-state index in [0.29, 0.717) is 22.6 Å². The second-order valence-corrected chi connectivity index (χ2v) is 7.81. The van der Waals surface area contributed by atoms with E-state index in [0.717, 1.165) is 4.88 Å². The molecule has 1 unspecified atom stereocenters. The number of carboxylic acids is 1. The van der Waals surface area contributed by atoms with Crippen molar-refractivity contribution in [3.63, 3.8) is 0 Å². The number of carbonyl (C=O) groups is 3. The zero-order chi connectivity index (χ0) is 21.6. The van der Waals surface area contributed by atoms with Crippen LogP contribution in [0.3, 0.4) is 0 Å². The van der Waals surface area contributed by atoms with Crippen LogP contribution in [-0.4, -0.2) is 40.6 Å². The van der Waals surface area contributed by atoms with E-state index in [1.54, 1.807) is 43.3 Å². The molecule has 0 saturated heterocycles. The van der Waals surface area contributed by atoms with Gasteiger partial charge in [-0.15, -0.1) is 11.3 Å². The Hall–Kier alpha value is -2.85. The Balaban J connectivity index is 1.95. The highest BCUT2D eigenvalue weighted by molar-refractivity contribution is 7.80. The number of thiophene rings is 1. The van der Waals surface area contributed by atoms with Gasteiger partial charge in [-0.2, -0.15) is 12.6 Å². The third-order valence-corrected chi connectivity index (χ3v) is 5.44. The smallest absolute Gasteiger partial charge is 0.353 e. The van der Waals surface area contributed by atoms with Gasteiger partial charge in [0.2, 0.25) is 5.91 Å². The average Bonchev–Trinajstić information content (AvgIpc) is 3.14. The predicted octanol–water partition coefficient (Wildman–Crippen LogP) is 1.93. The molecule has 8 nitrogen and oxygen atoms in total. The van der Waals surface area contributed by atoms with Crippen LogP contribution < -0.4 is 15.8 Å². The zero-order valence-corrected chi connectivity index (χ0v) is 17.3. The lowest BCUT2D eigenvalue weighted by atomic mass is 10.1. The molecular formula is C19H21N3O5S2. The summed E-state index contributed by atoms with van der Waals surface area (Å²) in [5, 5.41) is 18.8. The maximum Gasteiger partial charge on any atom is 0.353 e. The van der Waals surface area contributed by atoms with Gasteiger partial charge in [0.25, 0.3) is 0 Å². The number of aliphatic carboxylic acids is 1. The van der Waals surface area contributed by atoms with Gasteiger partial charge in [0, 0.05) is 22.1 Å². The molecule has 0 aliphatic rings. The first-order valence-corrected chi connectivity index (χ1v) is 10.1. The molecule has 2 atom stereocenters. The van der Waals surface area contributed by atoms with Gasteiger partial charge >= 0.3 is 11.9 Å². The topological polar surface area (TPSA) is 143 Å². The highest BCUT2D eigenvalue weighted by atomic mass is 32.1. The van der Waals surface area contributed by atoms with Crippen molar-refractivity contribution in [1.82, 2.24) is 5.32 Å². The number of carbonyl (C=O) groups excluding carboxylic acids is 2. The summed E-state index contributed by atoms with van der Waals surface area (Å²) in [6, 6.07) is 8.57. The lowest BCUT2D eigenvalue weighted by Crippen LogP contribution is -2.44. The summed E-state index contributed by atoms with van der Waals surface area (Å²) in [4.78, 5) is 36.6. The molecule has 1 aromatic heterocycles. The molecular weight excluding hydrogens is 414 g/mol. The van der Waals surface area contributed by atoms with Crippen molar-refractivity contribution >= 4 is 47.6 Å². The molecule has 2 rings (SSSR count). The number of thiol groups is 1. The lowest BCUT2D eigenvalue weighted by molar-refractivity contribution is -0.141. The molecule has 0 aliphatic carbocycles. The van der Waals surface area contributed by atoms with E-state index in [9.17, 15) is 14.4 Å². The van der Waals surface area contributed by atoms with Crippen molar-refractivity contribution in [2.75, 3.05) is 5.75 Å². The predicted molar refractivity (Wildman–Crippen MR) is 113 cm³/mol. The minimum Gasteiger partial charge on any atom is -0.480 e. The summed E-state index contributed by atoms with van der Waals surface area (Å²) in [5.74, 6) is -2.29. The van der Waals surface area contributed by atoms with Crippen LogP contribution in [0.5, 0.6) is 5.75 Å². The van der Waals surface area contributed by atoms with Gasteiger partial charge in [0.15, 0.2) is 0 Å². The number of nitrogens with two attached hydrogens (primary N) is 1. The molecule has 0 radical (unpaired) electrons. The molecule has 0 spiro atoms. The quantitative estimate of drug-likeness (QED) is 0.134. The van der Waals surface area contributed by atoms with Gasteiger partial charge in [-0.3, -0.25) is 10.2 Å². The highest BCUT2D eigenvalue weighted by Gasteiger charge is 2.22. The maximum absolute atomic E-state index is 12.3. The largest absolute Gasteiger partial charge is 0.480 e. The number of amidine groups is 1. The first-order valence-electron chi connectivity index (χ1n) is 8.60. The number of amides is 1. The van der Waals surface area contributed by atoms with Crippen LogP contribution in [0.1, 0.15) is 27.0 Å². The van der Waals surface area contributed by atoms with E-state index in [2.05, 4.69) is 17.9 Å². The Bertz CT molecular complexity index is 911. The van der Waals surface area contributed by atoms with Gasteiger partial charge in [0.05, 0.1) is 0 Å². The average molecular weight is 436 g/mol. The number of benzene rings is 1. The van der Waals surface area contributed by atoms with Crippen molar-refractivity contribution in [2.45, 2.75) is 19.4 Å². The van der Waals surface area contributed by atoms with Crippen molar-refractivity contribution < 1.29 is 24.2 Å². The monoisotopic (exact) mass is 435 g/mol. The van der Waals surface area contributed by atoms with Crippen LogP contribution in [0.25, 0.3) is 0 Å². The summed E-state index contributed by atoms with van der Waals surface area (Å²) < 4.78 is 5.30. The summed E-state index contributed by atoms with van der Waals surface area (Å²) >= 11 is 5.12. The molecule has 0 bridgehead atoms. The number of nitrogen functional groups attached to an aromatic ring is 1. The van der Waals surface area contributed by atoms with Crippen molar-refractivity contribution in [2.24, 2.45) is 11.7 Å². The van der Waals surface area contributed by atoms with Gasteiger partial charge < -0.3 is 20.9 Å². The molecule has 2 aromatic rings. The SMILES string of the molecule is CC(Cc1ccc(C(=O)Oc2ccc(C(=N)N)cc2)s1)C(=O)N[C@@H](CS)C(=O)O. The second-order valence-electron chi connectivity index (χ2n) is 6.28. The fraction of sp³-hybridized carbons (Fsp3) is 0.263. The Kier molecular flexibility index (Phi) is 7.80. The lowest BCUT2D eigenvalue weighted by Gasteiger charge is -2.15. The molecule has 1 amide bonds. The molecule has 1 aromatic carbocycles. The van der Waals surface area contributed by atoms with Gasteiger partial charge in [-0.1, -0.05) is 6.92 Å². The summed E-state index contributed by atoms with van der Waals surface area (Å²) in [6.45, 7) is 1.68. The van der Waals surface area contributed by atoms with Gasteiger partial charge in [-0.25, -0.2) is 9.59 Å². The first kappa shape index (κ1) is 22.4. The summed E-state index contributed by atoms with van der Waals surface area (Å²) in [6.07, 6.45) is 0.357. The number of rotatable bonds is 9. The molecule has 0 saturated carbocycles. The number of hydrogen-bond acceptors (Lipinski definition) is 7. The fourth-order valence-electron chi connectivity index (χ4n) is 2.35. The zero-order valence-electron chi connectivity index (χ0n) is 15.5. The number of ether oxygens (including phenoxy) is 1. The number of hydrogen-bond donors (Lipinski definition) is 5. The summed E-state index contributed by atoms with van der Waals surface area (Å²) in [7, 11) is 0. The van der Waals surface area contributed by atoms with Gasteiger partial charge in [-0.05, 0) is 42.8 Å². The number of carboxylic acid groups (broad SMARTS) is 1. The normalized spacial score (nSPS) is 12.6. The van der Waals surface area contributed by atoms with E-state index in [1.165, 1.54) is 11.3 Å². The van der Waals surface area contributed by atoms with Crippen LogP contribution in [0.2, 0.25) is 0 Å². The third-order valence-electron chi connectivity index (χ3n) is 3.99. The number of nitrogens with one attached hydrogen (secondary N) is 2. The van der Waals surface area contributed by atoms with Crippen LogP contribution in [-0.2, 0) is 16.0 Å². The van der Waals surface area contributed by atoms with Crippen LogP contribution in [0, 0.1) is 11.3 Å². The highest BCUT2D eigenvalue weighted by Crippen LogP contribution is 2.22. The van der Waals surface area contributed by atoms with E-state index in [4.69, 9.17) is 21.0 Å². The van der Waals surface area contributed by atoms with Crippen LogP contribution >= 0.6 is 24.0 Å². The second kappa shape index (κ2) is 10.1. The fourth-order valence-corrected chi connectivity index (χ4v) is 3.61. The Morgan fingerprint density at radius 1 is 1.24 bits per heavy atom. The van der Waals surface area contributed by atoms with Crippen LogP contribution in [0.15, 0.2) is 36.4 Å². The molecule has 1 heterocycles. The van der Waals surface area contributed by atoms with Crippen LogP contribution in [0.4, 0.5) is 0 Å². The van der Waals surface area contributed by atoms with E-state index < -0.39 is 29.8 Å². The first-order chi connectivity index (χ1) is 13.7. The minimum absolute atomic E-state index is 0.00379. The third kappa shape index (κ3) is 6.33. The molecule has 10 heteroatoms. The minimum atomic E-state index is -1.14. The Labute approximate surface area is 177 Å². The Morgan fingerprint density at radius 3 is 2.45 bits per heavy atom. The maximum atomic E-state index is 12.3. The van der Waals surface area contributed by atoms with Crippen molar-refractivity contribution in [3.05, 3.63) is 51.7 Å². The Morgan fingerprint density at radius 2 is 1.90 bits per heavy atom. The molecule has 29 heavy (non-hydrogen) atoms. The molecule has 5 N–H and O–H groups in total. The number of esters is 1. The molecule has 154 valence electrons.